The topological polar surface area (TPSA) is 190 Å². The van der Waals surface area contributed by atoms with Crippen molar-refractivity contribution in [3.8, 4) is 5.75 Å². The second-order valence-electron chi connectivity index (χ2n) is 9.55. The molecule has 4 atom stereocenters. The fourth-order valence-corrected chi connectivity index (χ4v) is 6.81. The first-order valence-electron chi connectivity index (χ1n) is 11.2. The zero-order valence-electron chi connectivity index (χ0n) is 20.2. The maximum atomic E-state index is 13.8. The number of nitrogens with one attached hydrogen (secondary N) is 1. The van der Waals surface area contributed by atoms with Gasteiger partial charge < -0.3 is 31.5 Å². The Morgan fingerprint density at radius 1 is 1.27 bits per heavy atom. The molecule has 4 rings (SSSR count). The van der Waals surface area contributed by atoms with E-state index in [9.17, 15) is 39.6 Å². The minimum Gasteiger partial charge on any atom is -0.508 e. The predicted octanol–water partition coefficient (Wildman–Crippen LogP) is 0.870. The van der Waals surface area contributed by atoms with Gasteiger partial charge in [-0.25, -0.2) is 0 Å². The van der Waals surface area contributed by atoms with Gasteiger partial charge in [0.25, 0.3) is 5.91 Å². The Hall–Kier alpha value is -2.62. The van der Waals surface area contributed by atoms with Crippen molar-refractivity contribution in [3.05, 3.63) is 37.7 Å². The van der Waals surface area contributed by atoms with E-state index in [2.05, 4.69) is 5.32 Å². The molecule has 2 amide bonds. The quantitative estimate of drug-likeness (QED) is 0.153. The van der Waals surface area contributed by atoms with Gasteiger partial charge in [0.1, 0.15) is 22.8 Å². The summed E-state index contributed by atoms with van der Waals surface area (Å²) in [6.07, 6.45) is 1.93. The average molecular weight is 643 g/mol. The summed E-state index contributed by atoms with van der Waals surface area (Å²) < 4.78 is 0.617. The van der Waals surface area contributed by atoms with Crippen LogP contribution < -0.4 is 11.1 Å². The van der Waals surface area contributed by atoms with Crippen LogP contribution in [0.25, 0.3) is 5.76 Å². The highest BCUT2D eigenvalue weighted by atomic mass is 127. The molecule has 1 aromatic carbocycles. The number of ketones is 2. The van der Waals surface area contributed by atoms with Gasteiger partial charge in [0, 0.05) is 15.1 Å². The normalized spacial score (nSPS) is 27.1. The number of hydrogen-bond acceptors (Lipinski definition) is 10. The van der Waals surface area contributed by atoms with Crippen molar-refractivity contribution in [2.75, 3.05) is 31.4 Å². The van der Waals surface area contributed by atoms with Crippen LogP contribution in [0.2, 0.25) is 0 Å². The summed E-state index contributed by atoms with van der Waals surface area (Å²) in [5.74, 6) is -7.40. The summed E-state index contributed by atoms with van der Waals surface area (Å²) in [5, 5.41) is 47.3. The Bertz CT molecular complexity index is 1320. The molecule has 0 heterocycles. The van der Waals surface area contributed by atoms with E-state index in [4.69, 9.17) is 5.73 Å². The van der Waals surface area contributed by atoms with Crippen LogP contribution in [0.15, 0.2) is 23.0 Å². The molecule has 1 aromatic rings. The second-order valence-corrected chi connectivity index (χ2v) is 11.6. The summed E-state index contributed by atoms with van der Waals surface area (Å²) in [6.45, 7) is 0. The van der Waals surface area contributed by atoms with Crippen molar-refractivity contribution in [1.29, 1.82) is 0 Å². The van der Waals surface area contributed by atoms with E-state index in [1.54, 1.807) is 26.4 Å². The summed E-state index contributed by atoms with van der Waals surface area (Å²) in [6, 6.07) is 0.422. The number of fused-ring (bicyclic) bond motifs is 3. The van der Waals surface area contributed by atoms with Crippen molar-refractivity contribution in [2.45, 2.75) is 24.5 Å². The third kappa shape index (κ3) is 4.02. The molecule has 0 saturated heterocycles. The Kier molecular flexibility index (Phi) is 7.11. The van der Waals surface area contributed by atoms with E-state index >= 15 is 0 Å². The number of aliphatic hydroxyl groups is 3. The number of carbonyl (C=O) groups excluding carboxylic acids is 4. The molecule has 1 saturated carbocycles. The van der Waals surface area contributed by atoms with Gasteiger partial charge in [0.2, 0.25) is 11.7 Å². The lowest BCUT2D eigenvalue weighted by atomic mass is 9.57. The van der Waals surface area contributed by atoms with E-state index in [0.717, 1.165) is 0 Å². The maximum Gasteiger partial charge on any atom is 0.255 e. The molecule has 0 spiro atoms. The number of phenolic OH excluding ortho intramolecular Hbond substituents is 1. The number of nitrogens with two attached hydrogens (primary N) is 1. The number of primary amides is 1. The van der Waals surface area contributed by atoms with Crippen LogP contribution >= 0.6 is 34.4 Å². The van der Waals surface area contributed by atoms with E-state index in [1.165, 1.54) is 16.7 Å². The van der Waals surface area contributed by atoms with Crippen LogP contribution in [0, 0.1) is 15.4 Å². The van der Waals surface area contributed by atoms with Gasteiger partial charge in [0.15, 0.2) is 11.4 Å². The number of aromatic hydroxyl groups is 1. The zero-order chi connectivity index (χ0) is 27.6. The number of likely N-dealkylation sites (N-methyl/N-ethyl adjacent to an activating group) is 1. The van der Waals surface area contributed by atoms with Crippen LogP contribution in [0.5, 0.6) is 5.75 Å². The van der Waals surface area contributed by atoms with Crippen LogP contribution in [-0.2, 0) is 25.6 Å². The standard InChI is InChI=1S/C24H26IN3O8S/c1-28(2)17-10-5-8-4-9-11(25)6-12(27-13(29)7-37-3)18(30)15(9)19(31)14(8)21(33)24(10,36)22(34)16(20(17)32)23(26)35/h6,8,10,17,30-31,34,36H,4-5,7H2,1-3H3,(H2,26,35)(H,27,29)/t8?,10?,17-,24?/m0/s1. The molecule has 1 fully saturated rings. The molecule has 3 aliphatic rings. The number of benzene rings is 1. The maximum absolute atomic E-state index is 13.8. The van der Waals surface area contributed by atoms with Gasteiger partial charge in [-0.1, -0.05) is 0 Å². The summed E-state index contributed by atoms with van der Waals surface area (Å²) in [4.78, 5) is 52.6. The fourth-order valence-electron chi connectivity index (χ4n) is 5.68. The fraction of sp³-hybridized carbons (Fsp3) is 0.417. The van der Waals surface area contributed by atoms with Gasteiger partial charge in [-0.05, 0) is 73.3 Å². The average Bonchev–Trinajstić information content (AvgIpc) is 2.79. The molecular formula is C24H26IN3O8S. The number of rotatable bonds is 5. The number of phenols is 1. The van der Waals surface area contributed by atoms with Crippen molar-refractivity contribution in [1.82, 2.24) is 4.90 Å². The Morgan fingerprint density at radius 2 is 1.92 bits per heavy atom. The molecule has 198 valence electrons. The zero-order valence-corrected chi connectivity index (χ0v) is 23.1. The van der Waals surface area contributed by atoms with Gasteiger partial charge in [-0.3, -0.25) is 24.1 Å². The van der Waals surface area contributed by atoms with Gasteiger partial charge >= 0.3 is 0 Å². The van der Waals surface area contributed by atoms with Crippen molar-refractivity contribution >= 4 is 69.2 Å². The SMILES string of the molecule is CSCC(=O)Nc1cc(I)c2c(c1O)C(O)=C1C(=O)C3(O)C(O)=C(C(N)=O)C(=O)[C@@H](N(C)C)C3CC1C2. The highest BCUT2D eigenvalue weighted by molar-refractivity contribution is 14.1. The van der Waals surface area contributed by atoms with E-state index < -0.39 is 63.8 Å². The monoisotopic (exact) mass is 643 g/mol. The van der Waals surface area contributed by atoms with Gasteiger partial charge in [0.05, 0.1) is 23.0 Å². The largest absolute Gasteiger partial charge is 0.508 e. The highest BCUT2D eigenvalue weighted by Gasteiger charge is 2.64. The summed E-state index contributed by atoms with van der Waals surface area (Å²) >= 11 is 3.29. The number of aliphatic hydroxyl groups excluding tert-OH is 2. The van der Waals surface area contributed by atoms with Crippen LogP contribution in [-0.4, -0.2) is 86.5 Å². The van der Waals surface area contributed by atoms with Gasteiger partial charge in [-0.2, -0.15) is 11.8 Å². The Labute approximate surface area is 229 Å². The van der Waals surface area contributed by atoms with Crippen LogP contribution in [0.3, 0.4) is 0 Å². The molecule has 0 bridgehead atoms. The van der Waals surface area contributed by atoms with Crippen LogP contribution in [0.1, 0.15) is 17.5 Å². The Morgan fingerprint density at radius 3 is 2.49 bits per heavy atom. The summed E-state index contributed by atoms with van der Waals surface area (Å²) in [5.41, 5.74) is 2.03. The summed E-state index contributed by atoms with van der Waals surface area (Å²) in [7, 11) is 3.09. The van der Waals surface area contributed by atoms with Crippen molar-refractivity contribution in [3.63, 3.8) is 0 Å². The smallest absolute Gasteiger partial charge is 0.255 e. The Balaban J connectivity index is 1.92. The number of anilines is 1. The van der Waals surface area contributed by atoms with E-state index in [-0.39, 0.29) is 41.3 Å². The lowest BCUT2D eigenvalue weighted by Crippen LogP contribution is -2.65. The van der Waals surface area contributed by atoms with Crippen molar-refractivity contribution < 1.29 is 39.6 Å². The minimum atomic E-state index is -2.70. The first-order chi connectivity index (χ1) is 17.3. The molecule has 3 unspecified atom stereocenters. The predicted molar refractivity (Wildman–Crippen MR) is 144 cm³/mol. The number of hydrogen-bond donors (Lipinski definition) is 6. The highest BCUT2D eigenvalue weighted by Crippen LogP contribution is 2.53. The van der Waals surface area contributed by atoms with Crippen molar-refractivity contribution in [2.24, 2.45) is 17.6 Å². The van der Waals surface area contributed by atoms with E-state index in [0.29, 0.717) is 9.13 Å². The first kappa shape index (κ1) is 27.4. The number of carbonyl (C=O) groups is 4. The molecule has 7 N–H and O–H groups in total. The molecular weight excluding hydrogens is 617 g/mol. The molecule has 13 heteroatoms. The van der Waals surface area contributed by atoms with Gasteiger partial charge in [-0.15, -0.1) is 0 Å². The molecule has 0 radical (unpaired) electrons. The number of nitrogens with zero attached hydrogens (tertiary/aromatic N) is 1. The first-order valence-corrected chi connectivity index (χ1v) is 13.7. The molecule has 0 aliphatic heterocycles. The number of Topliss-reactive ketones (excluding diaryl/α,β-unsaturated/α-hetero) is 2. The number of amides is 2. The minimum absolute atomic E-state index is 0.00874. The molecule has 0 aromatic heterocycles. The lowest BCUT2D eigenvalue weighted by molar-refractivity contribution is -0.153. The van der Waals surface area contributed by atoms with E-state index in [1.807, 2.05) is 22.6 Å². The molecule has 11 nitrogen and oxygen atoms in total. The third-order valence-corrected chi connectivity index (χ3v) is 8.73. The number of halogens is 1. The molecule has 37 heavy (non-hydrogen) atoms. The lowest BCUT2D eigenvalue weighted by Gasteiger charge is -2.50. The molecule has 3 aliphatic carbocycles. The second kappa shape index (κ2) is 9.60. The van der Waals surface area contributed by atoms with Crippen LogP contribution in [0.4, 0.5) is 5.69 Å². The third-order valence-electron chi connectivity index (χ3n) is 7.22. The number of thioether (sulfide) groups is 1.